The Hall–Kier alpha value is -3.22. The summed E-state index contributed by atoms with van der Waals surface area (Å²) >= 11 is 0. The van der Waals surface area contributed by atoms with E-state index in [-0.39, 0.29) is 11.8 Å². The molecule has 1 amide bonds. The fraction of sp³-hybridized carbons (Fsp3) is 0.364. The Morgan fingerprint density at radius 1 is 1.14 bits per heavy atom. The second kappa shape index (κ2) is 8.86. The van der Waals surface area contributed by atoms with E-state index >= 15 is 0 Å². The summed E-state index contributed by atoms with van der Waals surface area (Å²) in [4.78, 5) is 23.7. The molecule has 0 radical (unpaired) electrons. The number of ether oxygens (including phenoxy) is 1. The maximum Gasteiger partial charge on any atom is 0.241 e. The Morgan fingerprint density at radius 3 is 2.76 bits per heavy atom. The first-order chi connectivity index (χ1) is 14.2. The van der Waals surface area contributed by atoms with E-state index in [0.717, 1.165) is 36.5 Å². The lowest BCUT2D eigenvalue weighted by Gasteiger charge is -2.33. The minimum Gasteiger partial charge on any atom is -0.437 e. The molecule has 0 saturated carbocycles. The van der Waals surface area contributed by atoms with Crippen LogP contribution in [0, 0.1) is 6.92 Å². The Balaban J connectivity index is 1.43. The summed E-state index contributed by atoms with van der Waals surface area (Å²) in [7, 11) is 0. The molecule has 0 aliphatic carbocycles. The highest BCUT2D eigenvalue weighted by Gasteiger charge is 2.28. The average molecular weight is 391 g/mol. The minimum atomic E-state index is 0.117. The van der Waals surface area contributed by atoms with Crippen molar-refractivity contribution >= 4 is 5.91 Å². The smallest absolute Gasteiger partial charge is 0.241 e. The first-order valence-corrected chi connectivity index (χ1v) is 10.0. The zero-order valence-corrected chi connectivity index (χ0v) is 16.6. The molecule has 3 aromatic rings. The van der Waals surface area contributed by atoms with Gasteiger partial charge in [0.15, 0.2) is 0 Å². The Labute approximate surface area is 170 Å². The van der Waals surface area contributed by atoms with Crippen LogP contribution in [0.4, 0.5) is 0 Å². The van der Waals surface area contributed by atoms with Gasteiger partial charge in [-0.25, -0.2) is 4.98 Å². The van der Waals surface area contributed by atoms with Gasteiger partial charge in [-0.2, -0.15) is 5.10 Å². The quantitative estimate of drug-likeness (QED) is 0.642. The van der Waals surface area contributed by atoms with Crippen molar-refractivity contribution in [1.29, 1.82) is 0 Å². The van der Waals surface area contributed by atoms with Crippen LogP contribution in [0.1, 0.15) is 36.6 Å². The number of likely N-dealkylation sites (tertiary alicyclic amines) is 1. The third-order valence-corrected chi connectivity index (χ3v) is 5.28. The molecule has 0 N–H and O–H groups in total. The van der Waals surface area contributed by atoms with Crippen LogP contribution in [0.3, 0.4) is 0 Å². The van der Waals surface area contributed by atoms with E-state index in [0.29, 0.717) is 25.4 Å². The fourth-order valence-corrected chi connectivity index (χ4v) is 3.71. The van der Waals surface area contributed by atoms with Gasteiger partial charge >= 0.3 is 0 Å². The molecule has 3 heterocycles. The van der Waals surface area contributed by atoms with E-state index in [4.69, 9.17) is 4.74 Å². The molecule has 29 heavy (non-hydrogen) atoms. The predicted molar refractivity (Wildman–Crippen MR) is 109 cm³/mol. The van der Waals surface area contributed by atoms with Crippen LogP contribution >= 0.6 is 0 Å². The molecule has 4 rings (SSSR count). The predicted octanol–water partition coefficient (Wildman–Crippen LogP) is 3.57. The molecular formula is C22H25N5O2. The highest BCUT2D eigenvalue weighted by atomic mass is 16.5. The van der Waals surface area contributed by atoms with E-state index in [1.807, 2.05) is 52.9 Å². The summed E-state index contributed by atoms with van der Waals surface area (Å²) in [6, 6.07) is 11.5. The number of aromatic nitrogens is 4. The van der Waals surface area contributed by atoms with Crippen molar-refractivity contribution in [2.24, 2.45) is 0 Å². The number of carbonyl (C=O) groups excluding carboxylic acids is 1. The standard InChI is InChI=1S/C22H25N5O2/c1-17-9-11-25-27(17)15-10-20(28)26-14-5-6-18(16-26)21-22(24-13-12-23-21)29-19-7-3-2-4-8-19/h2-4,7-9,11-13,18H,5-6,10,14-16H2,1H3/t18-/m0/s1. The summed E-state index contributed by atoms with van der Waals surface area (Å²) in [5, 5.41) is 4.26. The maximum absolute atomic E-state index is 12.8. The van der Waals surface area contributed by atoms with Gasteiger partial charge in [-0.1, -0.05) is 18.2 Å². The second-order valence-electron chi connectivity index (χ2n) is 7.29. The van der Waals surface area contributed by atoms with Gasteiger partial charge in [0.2, 0.25) is 11.8 Å². The van der Waals surface area contributed by atoms with Crippen LogP contribution in [0.25, 0.3) is 0 Å². The van der Waals surface area contributed by atoms with Gasteiger partial charge in [0.05, 0.1) is 0 Å². The Kier molecular flexibility index (Phi) is 5.84. The van der Waals surface area contributed by atoms with Gasteiger partial charge in [-0.05, 0) is 38.0 Å². The van der Waals surface area contributed by atoms with Crippen LogP contribution in [-0.2, 0) is 11.3 Å². The average Bonchev–Trinajstić information content (AvgIpc) is 3.18. The minimum absolute atomic E-state index is 0.117. The SMILES string of the molecule is Cc1ccnn1CCC(=O)N1CCC[C@H](c2nccnc2Oc2ccccc2)C1. The van der Waals surface area contributed by atoms with Crippen molar-refractivity contribution in [3.05, 3.63) is 66.4 Å². The third kappa shape index (κ3) is 4.62. The van der Waals surface area contributed by atoms with Crippen LogP contribution in [0.2, 0.25) is 0 Å². The molecule has 150 valence electrons. The highest BCUT2D eigenvalue weighted by molar-refractivity contribution is 5.76. The van der Waals surface area contributed by atoms with Crippen LogP contribution in [-0.4, -0.2) is 43.6 Å². The van der Waals surface area contributed by atoms with E-state index in [9.17, 15) is 4.79 Å². The molecule has 1 atom stereocenters. The van der Waals surface area contributed by atoms with Crippen molar-refractivity contribution in [3.8, 4) is 11.6 Å². The number of aryl methyl sites for hydroxylation is 2. The summed E-state index contributed by atoms with van der Waals surface area (Å²) < 4.78 is 7.85. The summed E-state index contributed by atoms with van der Waals surface area (Å²) in [5.74, 6) is 1.52. The van der Waals surface area contributed by atoms with Gasteiger partial charge in [0, 0.05) is 56.3 Å². The maximum atomic E-state index is 12.8. The number of nitrogens with zero attached hydrogens (tertiary/aromatic N) is 5. The van der Waals surface area contributed by atoms with Gasteiger partial charge in [0.25, 0.3) is 0 Å². The molecule has 1 saturated heterocycles. The van der Waals surface area contributed by atoms with Crippen LogP contribution in [0.15, 0.2) is 55.0 Å². The molecule has 0 bridgehead atoms. The number of hydrogen-bond donors (Lipinski definition) is 0. The lowest BCUT2D eigenvalue weighted by Crippen LogP contribution is -2.39. The topological polar surface area (TPSA) is 73.1 Å². The molecule has 1 aliphatic rings. The lowest BCUT2D eigenvalue weighted by molar-refractivity contribution is -0.132. The summed E-state index contributed by atoms with van der Waals surface area (Å²) in [6.07, 6.45) is 7.45. The Bertz CT molecular complexity index is 957. The molecule has 7 nitrogen and oxygen atoms in total. The normalized spacial score (nSPS) is 16.6. The van der Waals surface area contributed by atoms with Crippen LogP contribution in [0.5, 0.6) is 11.6 Å². The van der Waals surface area contributed by atoms with Crippen molar-refractivity contribution in [1.82, 2.24) is 24.6 Å². The molecule has 1 aliphatic heterocycles. The van der Waals surface area contributed by atoms with Gasteiger partial charge < -0.3 is 9.64 Å². The molecular weight excluding hydrogens is 366 g/mol. The number of amides is 1. The largest absolute Gasteiger partial charge is 0.437 e. The number of hydrogen-bond acceptors (Lipinski definition) is 5. The monoisotopic (exact) mass is 391 g/mol. The highest BCUT2D eigenvalue weighted by Crippen LogP contribution is 2.32. The van der Waals surface area contributed by atoms with E-state index in [1.165, 1.54) is 0 Å². The third-order valence-electron chi connectivity index (χ3n) is 5.28. The van der Waals surface area contributed by atoms with E-state index in [1.54, 1.807) is 18.6 Å². The molecule has 1 fully saturated rings. The lowest BCUT2D eigenvalue weighted by atomic mass is 9.94. The number of benzene rings is 1. The number of piperidine rings is 1. The number of para-hydroxylation sites is 1. The number of carbonyl (C=O) groups is 1. The zero-order valence-electron chi connectivity index (χ0n) is 16.6. The molecule has 0 spiro atoms. The van der Waals surface area contributed by atoms with Crippen molar-refractivity contribution in [2.75, 3.05) is 13.1 Å². The molecule has 1 aromatic carbocycles. The first kappa shape index (κ1) is 19.1. The number of rotatable bonds is 6. The van der Waals surface area contributed by atoms with E-state index < -0.39 is 0 Å². The van der Waals surface area contributed by atoms with E-state index in [2.05, 4.69) is 15.1 Å². The zero-order chi connectivity index (χ0) is 20.1. The van der Waals surface area contributed by atoms with Crippen molar-refractivity contribution in [2.45, 2.75) is 38.6 Å². The summed E-state index contributed by atoms with van der Waals surface area (Å²) in [5.41, 5.74) is 1.88. The van der Waals surface area contributed by atoms with Gasteiger partial charge in [-0.15, -0.1) is 0 Å². The molecule has 2 aromatic heterocycles. The molecule has 0 unspecified atom stereocenters. The van der Waals surface area contributed by atoms with Gasteiger partial charge in [0.1, 0.15) is 11.4 Å². The Morgan fingerprint density at radius 2 is 1.97 bits per heavy atom. The summed E-state index contributed by atoms with van der Waals surface area (Å²) in [6.45, 7) is 4.02. The first-order valence-electron chi connectivity index (χ1n) is 10.0. The van der Waals surface area contributed by atoms with Gasteiger partial charge in [-0.3, -0.25) is 14.5 Å². The molecule has 7 heteroatoms. The fourth-order valence-electron chi connectivity index (χ4n) is 3.71. The van der Waals surface area contributed by atoms with Crippen molar-refractivity contribution < 1.29 is 9.53 Å². The van der Waals surface area contributed by atoms with Crippen LogP contribution < -0.4 is 4.74 Å². The van der Waals surface area contributed by atoms with Crippen molar-refractivity contribution in [3.63, 3.8) is 0 Å². The second-order valence-corrected chi connectivity index (χ2v) is 7.29.